The molecule has 0 spiro atoms. The fourth-order valence-corrected chi connectivity index (χ4v) is 1.21. The Labute approximate surface area is 88.1 Å². The number of halogens is 1. The molecule has 0 aromatic heterocycles. The maximum atomic E-state index is 13.2. The Kier molecular flexibility index (Phi) is 2.68. The Hall–Kier alpha value is -1.83. The Morgan fingerprint density at radius 1 is 1.13 bits per heavy atom. The first-order chi connectivity index (χ1) is 7.25. The zero-order valence-corrected chi connectivity index (χ0v) is 8.33. The van der Waals surface area contributed by atoms with Crippen LogP contribution in [0.4, 0.5) is 4.39 Å². The number of ether oxygens (including phenoxy) is 1. The number of aryl methyl sites for hydroxylation is 1. The van der Waals surface area contributed by atoms with Crippen LogP contribution in [0.25, 0.3) is 0 Å². The summed E-state index contributed by atoms with van der Waals surface area (Å²) in [7, 11) is 0. The van der Waals surface area contributed by atoms with Crippen molar-refractivity contribution >= 4 is 0 Å². The second-order valence-electron chi connectivity index (χ2n) is 3.26. The Morgan fingerprint density at radius 3 is 2.53 bits per heavy atom. The molecule has 0 unspecified atom stereocenters. The van der Waals surface area contributed by atoms with Crippen molar-refractivity contribution in [2.45, 2.75) is 6.92 Å². The molecule has 75 valence electrons. The van der Waals surface area contributed by atoms with Gasteiger partial charge in [0.2, 0.25) is 0 Å². The third-order valence-corrected chi connectivity index (χ3v) is 2.02. The smallest absolute Gasteiger partial charge is 0.173 e. The molecule has 2 heteroatoms. The van der Waals surface area contributed by atoms with E-state index in [1.54, 1.807) is 12.1 Å². The van der Waals surface area contributed by atoms with Gasteiger partial charge < -0.3 is 4.74 Å². The highest BCUT2D eigenvalue weighted by molar-refractivity contribution is 5.33. The molecule has 2 aromatic rings. The van der Waals surface area contributed by atoms with Gasteiger partial charge >= 0.3 is 0 Å². The summed E-state index contributed by atoms with van der Waals surface area (Å²) in [6.07, 6.45) is 0. The first-order valence-corrected chi connectivity index (χ1v) is 4.66. The van der Waals surface area contributed by atoms with E-state index < -0.39 is 5.82 Å². The van der Waals surface area contributed by atoms with Crippen LogP contribution in [0.5, 0.6) is 11.5 Å². The summed E-state index contributed by atoms with van der Waals surface area (Å²) in [5, 5.41) is 0. The van der Waals surface area contributed by atoms with Crippen LogP contribution in [0.15, 0.2) is 42.5 Å². The summed E-state index contributed by atoms with van der Waals surface area (Å²) in [5.41, 5.74) is 1.14. The minimum absolute atomic E-state index is 0.196. The van der Waals surface area contributed by atoms with Crippen LogP contribution >= 0.6 is 0 Å². The monoisotopic (exact) mass is 201 g/mol. The van der Waals surface area contributed by atoms with Crippen LogP contribution in [0.2, 0.25) is 0 Å². The van der Waals surface area contributed by atoms with Crippen molar-refractivity contribution in [2.24, 2.45) is 0 Å². The van der Waals surface area contributed by atoms with Crippen LogP contribution < -0.4 is 4.74 Å². The minimum Gasteiger partial charge on any atom is -0.454 e. The lowest BCUT2D eigenvalue weighted by molar-refractivity contribution is 0.441. The summed E-state index contributed by atoms with van der Waals surface area (Å²) in [6, 6.07) is 14.7. The van der Waals surface area contributed by atoms with Gasteiger partial charge in [-0.2, -0.15) is 0 Å². The molecule has 0 saturated heterocycles. The van der Waals surface area contributed by atoms with E-state index in [4.69, 9.17) is 4.74 Å². The average molecular weight is 201 g/mol. The van der Waals surface area contributed by atoms with E-state index in [2.05, 4.69) is 6.07 Å². The van der Waals surface area contributed by atoms with Crippen LogP contribution in [-0.2, 0) is 0 Å². The maximum Gasteiger partial charge on any atom is 0.173 e. The van der Waals surface area contributed by atoms with Crippen molar-refractivity contribution in [1.82, 2.24) is 0 Å². The van der Waals surface area contributed by atoms with Gasteiger partial charge in [-0.3, -0.25) is 0 Å². The number of benzene rings is 2. The topological polar surface area (TPSA) is 9.23 Å². The van der Waals surface area contributed by atoms with Crippen molar-refractivity contribution in [1.29, 1.82) is 0 Å². The van der Waals surface area contributed by atoms with E-state index in [1.165, 1.54) is 6.07 Å². The summed E-state index contributed by atoms with van der Waals surface area (Å²) >= 11 is 0. The van der Waals surface area contributed by atoms with Crippen molar-refractivity contribution in [3.05, 3.63) is 59.9 Å². The molecule has 0 atom stereocenters. The zero-order chi connectivity index (χ0) is 10.7. The quantitative estimate of drug-likeness (QED) is 0.719. The molecule has 2 rings (SSSR count). The van der Waals surface area contributed by atoms with E-state index >= 15 is 0 Å². The molecule has 0 heterocycles. The highest BCUT2D eigenvalue weighted by Gasteiger charge is 2.02. The molecule has 0 aliphatic rings. The largest absolute Gasteiger partial charge is 0.454 e. The third-order valence-electron chi connectivity index (χ3n) is 2.02. The van der Waals surface area contributed by atoms with Gasteiger partial charge in [0, 0.05) is 6.07 Å². The van der Waals surface area contributed by atoms with Crippen molar-refractivity contribution in [3.8, 4) is 11.5 Å². The van der Waals surface area contributed by atoms with E-state index in [0.29, 0.717) is 5.75 Å². The van der Waals surface area contributed by atoms with E-state index in [1.807, 2.05) is 31.2 Å². The second kappa shape index (κ2) is 4.13. The molecule has 0 amide bonds. The molecule has 0 N–H and O–H groups in total. The van der Waals surface area contributed by atoms with E-state index in [9.17, 15) is 4.39 Å². The zero-order valence-electron chi connectivity index (χ0n) is 8.33. The van der Waals surface area contributed by atoms with Gasteiger partial charge in [-0.15, -0.1) is 0 Å². The minimum atomic E-state index is -0.474. The lowest BCUT2D eigenvalue weighted by atomic mass is 10.2. The van der Waals surface area contributed by atoms with E-state index in [-0.39, 0.29) is 5.75 Å². The van der Waals surface area contributed by atoms with Gasteiger partial charge in [-0.1, -0.05) is 29.8 Å². The van der Waals surface area contributed by atoms with Gasteiger partial charge in [0.15, 0.2) is 11.6 Å². The predicted molar refractivity (Wildman–Crippen MR) is 56.5 cm³/mol. The standard InChI is InChI=1S/C13H10FO/c1-10-6-8-11(9-7-10)15-13-5-3-2-4-12(13)14/h2-3,5-9H,1H3. The fourth-order valence-electron chi connectivity index (χ4n) is 1.21. The van der Waals surface area contributed by atoms with Crippen LogP contribution in [-0.4, -0.2) is 0 Å². The Balaban J connectivity index is 2.22. The first kappa shape index (κ1) is 9.71. The highest BCUT2D eigenvalue weighted by Crippen LogP contribution is 2.23. The SMILES string of the molecule is Cc1ccc(Oc2ccc[c]c2F)cc1. The third kappa shape index (κ3) is 2.34. The molecule has 0 aliphatic carbocycles. The second-order valence-corrected chi connectivity index (χ2v) is 3.26. The molecule has 0 fully saturated rings. The molecule has 0 saturated carbocycles. The first-order valence-electron chi connectivity index (χ1n) is 4.66. The van der Waals surface area contributed by atoms with Crippen LogP contribution in [0, 0.1) is 18.8 Å². The van der Waals surface area contributed by atoms with Crippen LogP contribution in [0.1, 0.15) is 5.56 Å². The molecule has 0 bridgehead atoms. The van der Waals surface area contributed by atoms with Gasteiger partial charge in [0.25, 0.3) is 0 Å². The number of hydrogen-bond donors (Lipinski definition) is 0. The Morgan fingerprint density at radius 2 is 1.87 bits per heavy atom. The predicted octanol–water partition coefficient (Wildman–Crippen LogP) is 3.73. The molecule has 1 radical (unpaired) electrons. The van der Waals surface area contributed by atoms with Gasteiger partial charge in [0.05, 0.1) is 0 Å². The lowest BCUT2D eigenvalue weighted by Gasteiger charge is -2.05. The maximum absolute atomic E-state index is 13.2. The lowest BCUT2D eigenvalue weighted by Crippen LogP contribution is -1.87. The molecule has 1 nitrogen and oxygen atoms in total. The normalized spacial score (nSPS) is 10.0. The van der Waals surface area contributed by atoms with Crippen molar-refractivity contribution in [2.75, 3.05) is 0 Å². The van der Waals surface area contributed by atoms with Crippen molar-refractivity contribution in [3.63, 3.8) is 0 Å². The van der Waals surface area contributed by atoms with Gasteiger partial charge in [0.1, 0.15) is 5.75 Å². The summed E-state index contributed by atoms with van der Waals surface area (Å²) in [6.45, 7) is 1.99. The molecule has 0 aliphatic heterocycles. The molecular weight excluding hydrogens is 191 g/mol. The summed E-state index contributed by atoms with van der Waals surface area (Å²) in [5.74, 6) is 0.346. The average Bonchev–Trinajstić information content (AvgIpc) is 2.25. The molecule has 15 heavy (non-hydrogen) atoms. The number of rotatable bonds is 2. The summed E-state index contributed by atoms with van der Waals surface area (Å²) < 4.78 is 18.5. The van der Waals surface area contributed by atoms with Crippen molar-refractivity contribution < 1.29 is 9.13 Å². The van der Waals surface area contributed by atoms with Gasteiger partial charge in [-0.05, 0) is 25.1 Å². The highest BCUT2D eigenvalue weighted by atomic mass is 19.1. The van der Waals surface area contributed by atoms with Gasteiger partial charge in [-0.25, -0.2) is 4.39 Å². The number of hydrogen-bond acceptors (Lipinski definition) is 1. The summed E-state index contributed by atoms with van der Waals surface area (Å²) in [4.78, 5) is 0. The Bertz CT molecular complexity index is 448. The molecular formula is C13H10FO. The molecule has 2 aromatic carbocycles. The fraction of sp³-hybridized carbons (Fsp3) is 0.0769. The van der Waals surface area contributed by atoms with E-state index in [0.717, 1.165) is 5.56 Å². The van der Waals surface area contributed by atoms with Crippen LogP contribution in [0.3, 0.4) is 0 Å².